The van der Waals surface area contributed by atoms with E-state index in [2.05, 4.69) is 33.9 Å². The summed E-state index contributed by atoms with van der Waals surface area (Å²) >= 11 is 7.58. The summed E-state index contributed by atoms with van der Waals surface area (Å²) in [5.74, 6) is -0.403. The normalized spacial score (nSPS) is 10.4. The Bertz CT molecular complexity index is 492. The summed E-state index contributed by atoms with van der Waals surface area (Å²) in [6, 6.07) is 5.27. The van der Waals surface area contributed by atoms with Crippen molar-refractivity contribution in [3.8, 4) is 0 Å². The number of nitrogens with zero attached hydrogens (tertiary/aromatic N) is 1. The second kappa shape index (κ2) is 6.96. The number of thiol groups is 1. The Morgan fingerprint density at radius 3 is 2.58 bits per heavy atom. The summed E-state index contributed by atoms with van der Waals surface area (Å²) in [6.45, 7) is 3.78. The van der Waals surface area contributed by atoms with E-state index in [4.69, 9.17) is 0 Å². The van der Waals surface area contributed by atoms with E-state index in [-0.39, 0.29) is 24.4 Å². The molecule has 0 heterocycles. The van der Waals surface area contributed by atoms with Gasteiger partial charge >= 0.3 is 0 Å². The maximum atomic E-state index is 12.2. The smallest absolute Gasteiger partial charge is 0.255 e. The zero-order valence-electron chi connectivity index (χ0n) is 11.1. The highest BCUT2D eigenvalue weighted by Crippen LogP contribution is 2.20. The van der Waals surface area contributed by atoms with Crippen molar-refractivity contribution in [1.29, 1.82) is 0 Å². The van der Waals surface area contributed by atoms with Gasteiger partial charge in [-0.05, 0) is 32.0 Å². The van der Waals surface area contributed by atoms with Crippen LogP contribution in [0.25, 0.3) is 0 Å². The lowest BCUT2D eigenvalue weighted by atomic mass is 10.2. The van der Waals surface area contributed by atoms with Gasteiger partial charge in [-0.25, -0.2) is 0 Å². The second-order valence-corrected chi connectivity index (χ2v) is 5.94. The van der Waals surface area contributed by atoms with Crippen LogP contribution in [0, 0.1) is 0 Å². The van der Waals surface area contributed by atoms with E-state index in [0.29, 0.717) is 10.5 Å². The molecule has 2 amide bonds. The third kappa shape index (κ3) is 4.87. The molecule has 1 aromatic rings. The van der Waals surface area contributed by atoms with Crippen LogP contribution in [-0.4, -0.2) is 36.3 Å². The SMILES string of the molecule is CC(C)NC(=O)CN(C)C(=O)c1ccc(Br)cc1S. The molecule has 0 fully saturated rings. The van der Waals surface area contributed by atoms with Crippen LogP contribution < -0.4 is 5.32 Å². The highest BCUT2D eigenvalue weighted by Gasteiger charge is 2.17. The Kier molecular flexibility index (Phi) is 5.87. The minimum absolute atomic E-state index is 0.0281. The van der Waals surface area contributed by atoms with Crippen molar-refractivity contribution in [2.75, 3.05) is 13.6 Å². The van der Waals surface area contributed by atoms with Gasteiger partial charge in [-0.1, -0.05) is 15.9 Å². The van der Waals surface area contributed by atoms with E-state index in [0.717, 1.165) is 4.47 Å². The molecular weight excluding hydrogens is 328 g/mol. The van der Waals surface area contributed by atoms with Gasteiger partial charge < -0.3 is 10.2 Å². The van der Waals surface area contributed by atoms with Gasteiger partial charge in [0.1, 0.15) is 0 Å². The number of hydrogen-bond donors (Lipinski definition) is 2. The number of amides is 2. The van der Waals surface area contributed by atoms with Crippen LogP contribution in [0.15, 0.2) is 27.6 Å². The van der Waals surface area contributed by atoms with E-state index in [1.807, 2.05) is 13.8 Å². The van der Waals surface area contributed by atoms with Crippen molar-refractivity contribution in [1.82, 2.24) is 10.2 Å². The first-order valence-electron chi connectivity index (χ1n) is 5.84. The van der Waals surface area contributed by atoms with Crippen LogP contribution in [0.1, 0.15) is 24.2 Å². The molecular formula is C13H17BrN2O2S. The number of rotatable bonds is 4. The predicted molar refractivity (Wildman–Crippen MR) is 81.6 cm³/mol. The molecule has 0 aliphatic carbocycles. The summed E-state index contributed by atoms with van der Waals surface area (Å²) in [5.41, 5.74) is 0.478. The third-order valence-corrected chi connectivity index (χ3v) is 3.23. The molecule has 0 aliphatic heterocycles. The molecule has 0 spiro atoms. The summed E-state index contributed by atoms with van der Waals surface area (Å²) in [5, 5.41) is 2.74. The van der Waals surface area contributed by atoms with Crippen LogP contribution in [0.3, 0.4) is 0 Å². The average molecular weight is 345 g/mol. The van der Waals surface area contributed by atoms with Crippen molar-refractivity contribution in [2.24, 2.45) is 0 Å². The maximum absolute atomic E-state index is 12.2. The predicted octanol–water partition coefficient (Wildman–Crippen LogP) is 2.33. The topological polar surface area (TPSA) is 49.4 Å². The lowest BCUT2D eigenvalue weighted by Gasteiger charge is -2.18. The lowest BCUT2D eigenvalue weighted by Crippen LogP contribution is -2.40. The molecule has 1 N–H and O–H groups in total. The maximum Gasteiger partial charge on any atom is 0.255 e. The van der Waals surface area contributed by atoms with E-state index < -0.39 is 0 Å². The largest absolute Gasteiger partial charge is 0.352 e. The quantitative estimate of drug-likeness (QED) is 0.823. The summed E-state index contributed by atoms with van der Waals surface area (Å²) < 4.78 is 0.856. The van der Waals surface area contributed by atoms with Crippen molar-refractivity contribution in [3.63, 3.8) is 0 Å². The van der Waals surface area contributed by atoms with Gasteiger partial charge in [0.2, 0.25) is 5.91 Å². The molecule has 0 bridgehead atoms. The average Bonchev–Trinajstić information content (AvgIpc) is 2.26. The minimum atomic E-state index is -0.226. The number of benzene rings is 1. The van der Waals surface area contributed by atoms with E-state index in [1.165, 1.54) is 4.90 Å². The number of halogens is 1. The molecule has 0 aliphatic rings. The van der Waals surface area contributed by atoms with Crippen LogP contribution in [0.4, 0.5) is 0 Å². The first-order valence-corrected chi connectivity index (χ1v) is 7.08. The van der Waals surface area contributed by atoms with Gasteiger partial charge in [0.05, 0.1) is 12.1 Å². The molecule has 1 aromatic carbocycles. The first-order chi connectivity index (χ1) is 8.81. The standard InChI is InChI=1S/C13H17BrN2O2S/c1-8(2)15-12(17)7-16(3)13(18)10-5-4-9(14)6-11(10)19/h4-6,8,19H,7H2,1-3H3,(H,15,17). The Morgan fingerprint density at radius 2 is 2.05 bits per heavy atom. The minimum Gasteiger partial charge on any atom is -0.352 e. The van der Waals surface area contributed by atoms with Gasteiger partial charge in [-0.2, -0.15) is 0 Å². The second-order valence-electron chi connectivity index (χ2n) is 4.54. The number of carbonyl (C=O) groups excluding carboxylic acids is 2. The molecule has 0 atom stereocenters. The first kappa shape index (κ1) is 16.0. The van der Waals surface area contributed by atoms with Gasteiger partial charge in [0.15, 0.2) is 0 Å². The molecule has 0 unspecified atom stereocenters. The van der Waals surface area contributed by atoms with Gasteiger partial charge in [0.25, 0.3) is 5.91 Å². The molecule has 4 nitrogen and oxygen atoms in total. The Labute approximate surface area is 127 Å². The number of likely N-dealkylation sites (N-methyl/N-ethyl adjacent to an activating group) is 1. The Morgan fingerprint density at radius 1 is 1.42 bits per heavy atom. The number of carbonyl (C=O) groups is 2. The summed E-state index contributed by atoms with van der Waals surface area (Å²) in [6.07, 6.45) is 0. The molecule has 19 heavy (non-hydrogen) atoms. The molecule has 0 aromatic heterocycles. The van der Waals surface area contributed by atoms with Crippen LogP contribution in [-0.2, 0) is 4.79 Å². The van der Waals surface area contributed by atoms with Gasteiger partial charge in [-0.15, -0.1) is 12.6 Å². The molecule has 0 saturated heterocycles. The van der Waals surface area contributed by atoms with Crippen LogP contribution in [0.5, 0.6) is 0 Å². The van der Waals surface area contributed by atoms with Crippen LogP contribution >= 0.6 is 28.6 Å². The Balaban J connectivity index is 2.74. The van der Waals surface area contributed by atoms with Gasteiger partial charge in [0, 0.05) is 22.5 Å². The highest BCUT2D eigenvalue weighted by atomic mass is 79.9. The zero-order chi connectivity index (χ0) is 14.6. The van der Waals surface area contributed by atoms with E-state index >= 15 is 0 Å². The van der Waals surface area contributed by atoms with Crippen molar-refractivity contribution >= 4 is 40.4 Å². The molecule has 6 heteroatoms. The van der Waals surface area contributed by atoms with Gasteiger partial charge in [-0.3, -0.25) is 9.59 Å². The van der Waals surface area contributed by atoms with Crippen molar-refractivity contribution in [2.45, 2.75) is 24.8 Å². The molecule has 104 valence electrons. The third-order valence-electron chi connectivity index (χ3n) is 2.37. The molecule has 1 rings (SSSR count). The summed E-state index contributed by atoms with van der Waals surface area (Å²) in [4.78, 5) is 25.7. The number of nitrogens with one attached hydrogen (secondary N) is 1. The highest BCUT2D eigenvalue weighted by molar-refractivity contribution is 9.10. The monoisotopic (exact) mass is 344 g/mol. The fraction of sp³-hybridized carbons (Fsp3) is 0.385. The number of hydrogen-bond acceptors (Lipinski definition) is 3. The Hall–Kier alpha value is -1.01. The fourth-order valence-corrected chi connectivity index (χ4v) is 2.39. The molecule has 0 radical (unpaired) electrons. The van der Waals surface area contributed by atoms with Crippen molar-refractivity contribution < 1.29 is 9.59 Å². The zero-order valence-corrected chi connectivity index (χ0v) is 13.6. The van der Waals surface area contributed by atoms with Crippen molar-refractivity contribution in [3.05, 3.63) is 28.2 Å². The van der Waals surface area contributed by atoms with E-state index in [9.17, 15) is 9.59 Å². The lowest BCUT2D eigenvalue weighted by molar-refractivity contribution is -0.122. The van der Waals surface area contributed by atoms with Crippen LogP contribution in [0.2, 0.25) is 0 Å². The summed E-state index contributed by atoms with van der Waals surface area (Å²) in [7, 11) is 1.59. The molecule has 0 saturated carbocycles. The fourth-order valence-electron chi connectivity index (χ4n) is 1.55. The van der Waals surface area contributed by atoms with E-state index in [1.54, 1.807) is 25.2 Å².